The normalized spacial score (nSPS) is 16.4. The topological polar surface area (TPSA) is 96.6 Å². The van der Waals surface area contributed by atoms with Crippen molar-refractivity contribution in [2.75, 3.05) is 4.90 Å². The molecule has 1 atom stereocenters. The SMILES string of the molecule is O=C(O)N1c2ccc(Br)nc2CC1c1ccc([N+](=O)[O-])cc1. The lowest BCUT2D eigenvalue weighted by atomic mass is 10.0. The Kier molecular flexibility index (Phi) is 3.53. The van der Waals surface area contributed by atoms with Gasteiger partial charge in [-0.05, 0) is 33.6 Å². The van der Waals surface area contributed by atoms with Gasteiger partial charge < -0.3 is 5.11 Å². The fourth-order valence-electron chi connectivity index (χ4n) is 2.60. The van der Waals surface area contributed by atoms with E-state index in [0.717, 1.165) is 0 Å². The number of nitro benzene ring substituents is 1. The molecule has 0 radical (unpaired) electrons. The summed E-state index contributed by atoms with van der Waals surface area (Å²) in [5, 5.41) is 20.2. The predicted molar refractivity (Wildman–Crippen MR) is 82.0 cm³/mol. The molecule has 1 aliphatic rings. The van der Waals surface area contributed by atoms with Crippen LogP contribution in [0.2, 0.25) is 0 Å². The molecule has 0 saturated carbocycles. The van der Waals surface area contributed by atoms with Crippen LogP contribution >= 0.6 is 15.9 Å². The van der Waals surface area contributed by atoms with E-state index >= 15 is 0 Å². The van der Waals surface area contributed by atoms with E-state index in [-0.39, 0.29) is 5.69 Å². The first-order chi connectivity index (χ1) is 10.5. The van der Waals surface area contributed by atoms with Gasteiger partial charge in [-0.15, -0.1) is 0 Å². The van der Waals surface area contributed by atoms with Gasteiger partial charge in [0.15, 0.2) is 0 Å². The van der Waals surface area contributed by atoms with E-state index in [1.54, 1.807) is 24.3 Å². The Hall–Kier alpha value is -2.48. The summed E-state index contributed by atoms with van der Waals surface area (Å²) in [6, 6.07) is 8.87. The summed E-state index contributed by atoms with van der Waals surface area (Å²) in [5.41, 5.74) is 1.89. The van der Waals surface area contributed by atoms with E-state index in [1.165, 1.54) is 17.0 Å². The maximum atomic E-state index is 11.6. The summed E-state index contributed by atoms with van der Waals surface area (Å²) in [6.45, 7) is 0. The van der Waals surface area contributed by atoms with E-state index < -0.39 is 17.1 Å². The molecule has 1 amide bonds. The van der Waals surface area contributed by atoms with Gasteiger partial charge in [0.1, 0.15) is 4.60 Å². The first-order valence-corrected chi connectivity index (χ1v) is 7.18. The van der Waals surface area contributed by atoms with Crippen LogP contribution in [0, 0.1) is 10.1 Å². The van der Waals surface area contributed by atoms with Gasteiger partial charge in [-0.25, -0.2) is 9.78 Å². The van der Waals surface area contributed by atoms with Crippen molar-refractivity contribution in [2.45, 2.75) is 12.5 Å². The minimum Gasteiger partial charge on any atom is -0.465 e. The van der Waals surface area contributed by atoms with E-state index in [1.807, 2.05) is 0 Å². The third-order valence-electron chi connectivity index (χ3n) is 3.57. The van der Waals surface area contributed by atoms with E-state index in [4.69, 9.17) is 0 Å². The van der Waals surface area contributed by atoms with Crippen LogP contribution < -0.4 is 4.90 Å². The van der Waals surface area contributed by atoms with Gasteiger partial charge in [0, 0.05) is 18.6 Å². The number of carbonyl (C=O) groups is 1. The van der Waals surface area contributed by atoms with Crippen LogP contribution in [0.1, 0.15) is 17.3 Å². The highest BCUT2D eigenvalue weighted by atomic mass is 79.9. The zero-order chi connectivity index (χ0) is 15.9. The van der Waals surface area contributed by atoms with Gasteiger partial charge in [-0.3, -0.25) is 15.0 Å². The summed E-state index contributed by atoms with van der Waals surface area (Å²) < 4.78 is 0.640. The maximum absolute atomic E-state index is 11.6. The van der Waals surface area contributed by atoms with Gasteiger partial charge in [0.2, 0.25) is 0 Å². The number of hydrogen-bond donors (Lipinski definition) is 1. The lowest BCUT2D eigenvalue weighted by Gasteiger charge is -2.22. The molecule has 0 aliphatic carbocycles. The average molecular weight is 364 g/mol. The van der Waals surface area contributed by atoms with Crippen LogP contribution in [0.15, 0.2) is 41.0 Å². The first-order valence-electron chi connectivity index (χ1n) is 6.39. The number of nitrogens with zero attached hydrogens (tertiary/aromatic N) is 3. The Morgan fingerprint density at radius 1 is 1.32 bits per heavy atom. The second-order valence-electron chi connectivity index (χ2n) is 4.82. The lowest BCUT2D eigenvalue weighted by molar-refractivity contribution is -0.384. The molecule has 0 saturated heterocycles. The molecule has 2 aromatic rings. The molecule has 1 aromatic carbocycles. The fourth-order valence-corrected chi connectivity index (χ4v) is 2.95. The largest absolute Gasteiger partial charge is 0.465 e. The molecule has 1 aromatic heterocycles. The maximum Gasteiger partial charge on any atom is 0.412 e. The fraction of sp³-hybridized carbons (Fsp3) is 0.143. The molecule has 0 bridgehead atoms. The van der Waals surface area contributed by atoms with Gasteiger partial charge in [-0.2, -0.15) is 0 Å². The molecular weight excluding hydrogens is 354 g/mol. The summed E-state index contributed by atoms with van der Waals surface area (Å²) in [4.78, 5) is 27.4. The average Bonchev–Trinajstić information content (AvgIpc) is 2.85. The van der Waals surface area contributed by atoms with Crippen molar-refractivity contribution < 1.29 is 14.8 Å². The Labute approximate surface area is 133 Å². The highest BCUT2D eigenvalue weighted by Gasteiger charge is 2.36. The third-order valence-corrected chi connectivity index (χ3v) is 4.01. The molecule has 8 heteroatoms. The number of carboxylic acid groups (broad SMARTS) is 1. The Balaban J connectivity index is 2.00. The van der Waals surface area contributed by atoms with Crippen molar-refractivity contribution in [1.29, 1.82) is 0 Å². The number of fused-ring (bicyclic) bond motifs is 1. The number of benzene rings is 1. The first kappa shape index (κ1) is 14.5. The van der Waals surface area contributed by atoms with Gasteiger partial charge in [-0.1, -0.05) is 12.1 Å². The zero-order valence-corrected chi connectivity index (χ0v) is 12.7. The van der Waals surface area contributed by atoms with Crippen molar-refractivity contribution in [2.24, 2.45) is 0 Å². The van der Waals surface area contributed by atoms with Crippen LogP contribution in [0.25, 0.3) is 0 Å². The van der Waals surface area contributed by atoms with Crippen molar-refractivity contribution in [3.05, 3.63) is 62.4 Å². The Morgan fingerprint density at radius 3 is 2.59 bits per heavy atom. The minimum absolute atomic E-state index is 0.0259. The van der Waals surface area contributed by atoms with Gasteiger partial charge in [0.05, 0.1) is 22.3 Å². The third kappa shape index (κ3) is 2.41. The molecule has 0 fully saturated rings. The standard InChI is InChI=1S/C14H10BrN3O4/c15-13-6-5-11-10(16-13)7-12(17(11)14(19)20)8-1-3-9(4-2-8)18(21)22/h1-6,12H,7H2,(H,19,20). The molecule has 3 rings (SSSR count). The summed E-state index contributed by atoms with van der Waals surface area (Å²) >= 11 is 3.27. The number of nitro groups is 1. The van der Waals surface area contributed by atoms with E-state index in [0.29, 0.717) is 28.0 Å². The summed E-state index contributed by atoms with van der Waals surface area (Å²) in [6.07, 6.45) is -0.648. The molecule has 2 heterocycles. The highest BCUT2D eigenvalue weighted by Crippen LogP contribution is 2.40. The minimum atomic E-state index is -1.08. The van der Waals surface area contributed by atoms with Crippen LogP contribution in [-0.2, 0) is 6.42 Å². The van der Waals surface area contributed by atoms with Crippen molar-refractivity contribution in [3.8, 4) is 0 Å². The molecule has 7 nitrogen and oxygen atoms in total. The quantitative estimate of drug-likeness (QED) is 0.500. The molecule has 1 N–H and O–H groups in total. The number of pyridine rings is 1. The van der Waals surface area contributed by atoms with E-state index in [2.05, 4.69) is 20.9 Å². The predicted octanol–water partition coefficient (Wildman–Crippen LogP) is 3.53. The number of amides is 1. The number of halogens is 1. The lowest BCUT2D eigenvalue weighted by Crippen LogP contribution is -2.30. The Bertz CT molecular complexity index is 763. The molecular formula is C14H10BrN3O4. The number of rotatable bonds is 2. The van der Waals surface area contributed by atoms with Crippen molar-refractivity contribution in [3.63, 3.8) is 0 Å². The smallest absolute Gasteiger partial charge is 0.412 e. The second kappa shape index (κ2) is 5.38. The van der Waals surface area contributed by atoms with Crippen molar-refractivity contribution >= 4 is 33.4 Å². The highest BCUT2D eigenvalue weighted by molar-refractivity contribution is 9.10. The number of aromatic nitrogens is 1. The second-order valence-corrected chi connectivity index (χ2v) is 5.63. The zero-order valence-electron chi connectivity index (χ0n) is 11.1. The Morgan fingerprint density at radius 2 is 2.00 bits per heavy atom. The number of hydrogen-bond acceptors (Lipinski definition) is 4. The molecule has 1 unspecified atom stereocenters. The number of anilines is 1. The van der Waals surface area contributed by atoms with Crippen LogP contribution in [-0.4, -0.2) is 21.1 Å². The monoisotopic (exact) mass is 363 g/mol. The van der Waals surface area contributed by atoms with Crippen LogP contribution in [0.5, 0.6) is 0 Å². The number of non-ortho nitro benzene ring substituents is 1. The molecule has 1 aliphatic heterocycles. The molecule has 22 heavy (non-hydrogen) atoms. The van der Waals surface area contributed by atoms with Crippen molar-refractivity contribution in [1.82, 2.24) is 4.98 Å². The molecule has 0 spiro atoms. The van der Waals surface area contributed by atoms with Gasteiger partial charge in [0.25, 0.3) is 5.69 Å². The van der Waals surface area contributed by atoms with Gasteiger partial charge >= 0.3 is 6.09 Å². The summed E-state index contributed by atoms with van der Waals surface area (Å²) in [7, 11) is 0. The summed E-state index contributed by atoms with van der Waals surface area (Å²) in [5.74, 6) is 0. The van der Waals surface area contributed by atoms with E-state index in [9.17, 15) is 20.0 Å². The van der Waals surface area contributed by atoms with Crippen LogP contribution in [0.4, 0.5) is 16.2 Å². The van der Waals surface area contributed by atoms with Crippen LogP contribution in [0.3, 0.4) is 0 Å². The molecule has 112 valence electrons.